The largest absolute Gasteiger partial charge is 0.383 e. The van der Waals surface area contributed by atoms with Crippen LogP contribution in [0, 0.1) is 5.95 Å². The highest BCUT2D eigenvalue weighted by atomic mass is 19.1. The smallest absolute Gasteiger partial charge is 0.254 e. The molecule has 0 N–H and O–H groups in total. The van der Waals surface area contributed by atoms with Crippen LogP contribution in [0.2, 0.25) is 0 Å². The number of pyridine rings is 1. The molecule has 0 unspecified atom stereocenters. The molecule has 1 aromatic rings. The van der Waals surface area contributed by atoms with Crippen LogP contribution >= 0.6 is 0 Å². The van der Waals surface area contributed by atoms with Gasteiger partial charge in [-0.1, -0.05) is 0 Å². The van der Waals surface area contributed by atoms with Crippen LogP contribution in [0.5, 0.6) is 0 Å². The van der Waals surface area contributed by atoms with Crippen LogP contribution in [0.3, 0.4) is 0 Å². The van der Waals surface area contributed by atoms with Crippen LogP contribution in [0.1, 0.15) is 10.4 Å². The second-order valence-electron chi connectivity index (χ2n) is 3.65. The Labute approximate surface area is 106 Å². The van der Waals surface area contributed by atoms with Gasteiger partial charge in [0.05, 0.1) is 13.2 Å². The van der Waals surface area contributed by atoms with E-state index in [1.807, 2.05) is 0 Å². The second-order valence-corrected chi connectivity index (χ2v) is 3.65. The Kier molecular flexibility index (Phi) is 6.24. The lowest BCUT2D eigenvalue weighted by Crippen LogP contribution is -2.36. The van der Waals surface area contributed by atoms with Crippen molar-refractivity contribution in [2.24, 2.45) is 0 Å². The Morgan fingerprint density at radius 1 is 1.33 bits per heavy atom. The van der Waals surface area contributed by atoms with Gasteiger partial charge in [-0.3, -0.25) is 4.79 Å². The third kappa shape index (κ3) is 4.38. The fourth-order valence-electron chi connectivity index (χ4n) is 1.44. The maximum Gasteiger partial charge on any atom is 0.254 e. The summed E-state index contributed by atoms with van der Waals surface area (Å²) in [5.74, 6) is -0.926. The van der Waals surface area contributed by atoms with Gasteiger partial charge >= 0.3 is 0 Å². The highest BCUT2D eigenvalue weighted by Gasteiger charge is 2.15. The van der Waals surface area contributed by atoms with Crippen molar-refractivity contribution >= 4 is 5.91 Å². The number of nitrogens with zero attached hydrogens (tertiary/aromatic N) is 2. The third-order valence-electron chi connectivity index (χ3n) is 2.39. The summed E-state index contributed by atoms with van der Waals surface area (Å²) in [7, 11) is 3.12. The molecule has 0 radical (unpaired) electrons. The molecule has 0 spiro atoms. The number of aromatic nitrogens is 1. The average Bonchev–Trinajstić information content (AvgIpc) is 2.38. The van der Waals surface area contributed by atoms with Gasteiger partial charge in [-0.15, -0.1) is 0 Å². The lowest BCUT2D eigenvalue weighted by Gasteiger charge is -2.22. The number of ether oxygens (including phenoxy) is 2. The van der Waals surface area contributed by atoms with Gasteiger partial charge in [0, 0.05) is 45.1 Å². The summed E-state index contributed by atoms with van der Waals surface area (Å²) < 4.78 is 22.8. The predicted molar refractivity (Wildman–Crippen MR) is 63.9 cm³/mol. The Balaban J connectivity index is 2.73. The highest BCUT2D eigenvalue weighted by Crippen LogP contribution is 2.05. The predicted octanol–water partition coefficient (Wildman–Crippen LogP) is 0.956. The molecule has 5 nitrogen and oxygen atoms in total. The molecule has 6 heteroatoms. The van der Waals surface area contributed by atoms with Crippen molar-refractivity contribution in [3.8, 4) is 0 Å². The van der Waals surface area contributed by atoms with Gasteiger partial charge in [0.15, 0.2) is 0 Å². The van der Waals surface area contributed by atoms with E-state index >= 15 is 0 Å². The molecule has 0 aromatic carbocycles. The number of hydrogen-bond donors (Lipinski definition) is 0. The van der Waals surface area contributed by atoms with E-state index in [0.29, 0.717) is 26.3 Å². The van der Waals surface area contributed by atoms with Crippen LogP contribution in [0.4, 0.5) is 4.39 Å². The fraction of sp³-hybridized carbons (Fsp3) is 0.500. The van der Waals surface area contributed by atoms with Crippen LogP contribution < -0.4 is 0 Å². The lowest BCUT2D eigenvalue weighted by molar-refractivity contribution is 0.0626. The second kappa shape index (κ2) is 7.73. The van der Waals surface area contributed by atoms with Crippen molar-refractivity contribution in [3.63, 3.8) is 0 Å². The Bertz CT molecular complexity index is 379. The lowest BCUT2D eigenvalue weighted by atomic mass is 10.2. The van der Waals surface area contributed by atoms with Crippen molar-refractivity contribution < 1.29 is 18.7 Å². The average molecular weight is 256 g/mol. The quantitative estimate of drug-likeness (QED) is 0.682. The van der Waals surface area contributed by atoms with E-state index in [0.717, 1.165) is 6.07 Å². The summed E-state index contributed by atoms with van der Waals surface area (Å²) in [5.41, 5.74) is 0.273. The van der Waals surface area contributed by atoms with E-state index < -0.39 is 5.95 Å². The molecule has 0 atom stereocenters. The first-order chi connectivity index (χ1) is 8.69. The molecule has 0 aliphatic carbocycles. The van der Waals surface area contributed by atoms with Crippen LogP contribution in [0.15, 0.2) is 18.3 Å². The topological polar surface area (TPSA) is 51.7 Å². The minimum Gasteiger partial charge on any atom is -0.383 e. The summed E-state index contributed by atoms with van der Waals surface area (Å²) in [5, 5.41) is 0. The standard InChI is InChI=1S/C12H17FN2O3/c1-17-7-5-15(6-8-18-2)12(16)10-3-4-14-11(13)9-10/h3-4,9H,5-8H2,1-2H3. The van der Waals surface area contributed by atoms with Crippen LogP contribution in [-0.4, -0.2) is 56.3 Å². The number of carbonyl (C=O) groups is 1. The van der Waals surface area contributed by atoms with E-state index in [1.54, 1.807) is 19.1 Å². The molecular formula is C12H17FN2O3. The SMILES string of the molecule is COCCN(CCOC)C(=O)c1ccnc(F)c1. The van der Waals surface area contributed by atoms with Crippen LogP contribution in [-0.2, 0) is 9.47 Å². The number of halogens is 1. The van der Waals surface area contributed by atoms with Gasteiger partial charge < -0.3 is 14.4 Å². The molecule has 0 aliphatic rings. The fourth-order valence-corrected chi connectivity index (χ4v) is 1.44. The van der Waals surface area contributed by atoms with E-state index in [9.17, 15) is 9.18 Å². The molecular weight excluding hydrogens is 239 g/mol. The summed E-state index contributed by atoms with van der Waals surface area (Å²) in [6, 6.07) is 2.60. The van der Waals surface area contributed by atoms with Gasteiger partial charge in [0.1, 0.15) is 0 Å². The first kappa shape index (κ1) is 14.5. The van der Waals surface area contributed by atoms with Crippen LogP contribution in [0.25, 0.3) is 0 Å². The molecule has 18 heavy (non-hydrogen) atoms. The Morgan fingerprint density at radius 3 is 2.44 bits per heavy atom. The summed E-state index contributed by atoms with van der Waals surface area (Å²) in [4.78, 5) is 17.1. The molecule has 0 aliphatic heterocycles. The molecule has 1 heterocycles. The van der Waals surface area contributed by atoms with Gasteiger partial charge in [0.25, 0.3) is 5.91 Å². The molecule has 0 bridgehead atoms. The number of rotatable bonds is 7. The molecule has 0 fully saturated rings. The number of methoxy groups -OCH3 is 2. The van der Waals surface area contributed by atoms with Gasteiger partial charge in [0.2, 0.25) is 5.95 Å². The Morgan fingerprint density at radius 2 is 1.94 bits per heavy atom. The molecule has 1 amide bonds. The van der Waals surface area contributed by atoms with Crippen molar-refractivity contribution in [1.82, 2.24) is 9.88 Å². The number of amides is 1. The minimum absolute atomic E-state index is 0.259. The van der Waals surface area contributed by atoms with E-state index in [4.69, 9.17) is 9.47 Å². The zero-order valence-corrected chi connectivity index (χ0v) is 10.6. The highest BCUT2D eigenvalue weighted by molar-refractivity contribution is 5.94. The zero-order chi connectivity index (χ0) is 13.4. The van der Waals surface area contributed by atoms with E-state index in [2.05, 4.69) is 4.98 Å². The maximum absolute atomic E-state index is 13.0. The Hall–Kier alpha value is -1.53. The zero-order valence-electron chi connectivity index (χ0n) is 10.6. The van der Waals surface area contributed by atoms with Crippen molar-refractivity contribution in [2.45, 2.75) is 0 Å². The normalized spacial score (nSPS) is 10.4. The van der Waals surface area contributed by atoms with Gasteiger partial charge in [-0.2, -0.15) is 4.39 Å². The molecule has 1 rings (SSSR count). The first-order valence-corrected chi connectivity index (χ1v) is 5.57. The minimum atomic E-state index is -0.667. The maximum atomic E-state index is 13.0. The molecule has 1 aromatic heterocycles. The van der Waals surface area contributed by atoms with Crippen molar-refractivity contribution in [1.29, 1.82) is 0 Å². The summed E-state index contributed by atoms with van der Waals surface area (Å²) >= 11 is 0. The third-order valence-corrected chi connectivity index (χ3v) is 2.39. The van der Waals surface area contributed by atoms with E-state index in [-0.39, 0.29) is 11.5 Å². The van der Waals surface area contributed by atoms with Gasteiger partial charge in [-0.25, -0.2) is 4.98 Å². The molecule has 100 valence electrons. The van der Waals surface area contributed by atoms with Crippen molar-refractivity contribution in [2.75, 3.05) is 40.5 Å². The summed E-state index contributed by atoms with van der Waals surface area (Å²) in [6.07, 6.45) is 1.27. The first-order valence-electron chi connectivity index (χ1n) is 5.57. The summed E-state index contributed by atoms with van der Waals surface area (Å²) in [6.45, 7) is 1.71. The number of hydrogen-bond acceptors (Lipinski definition) is 4. The van der Waals surface area contributed by atoms with Gasteiger partial charge in [-0.05, 0) is 6.07 Å². The molecule has 0 saturated heterocycles. The van der Waals surface area contributed by atoms with E-state index in [1.165, 1.54) is 12.3 Å². The monoisotopic (exact) mass is 256 g/mol. The van der Waals surface area contributed by atoms with Crippen molar-refractivity contribution in [3.05, 3.63) is 29.8 Å². The molecule has 0 saturated carbocycles. The number of carbonyl (C=O) groups excluding carboxylic acids is 1.